The minimum Gasteiger partial charge on any atom is -0.404 e. The zero-order valence-electron chi connectivity index (χ0n) is 17.2. The Labute approximate surface area is 181 Å². The molecule has 0 aliphatic carbocycles. The van der Waals surface area contributed by atoms with Gasteiger partial charge in [-0.25, -0.2) is 9.48 Å². The number of rotatable bonds is 4. The van der Waals surface area contributed by atoms with Gasteiger partial charge in [0, 0.05) is 6.07 Å². The Morgan fingerprint density at radius 1 is 1.00 bits per heavy atom. The topological polar surface area (TPSA) is 44.1 Å². The quantitative estimate of drug-likeness (QED) is 0.426. The summed E-state index contributed by atoms with van der Waals surface area (Å²) in [6.45, 7) is 10.4. The van der Waals surface area contributed by atoms with Gasteiger partial charge in [0.1, 0.15) is 0 Å². The SMILES string of the molecule is CC(C)c1cc(OC(=O)c2ccc(C(C)(C)C)cc2)n(-c2ccc(Cl)c(Cl)c2)n1. The van der Waals surface area contributed by atoms with E-state index in [4.69, 9.17) is 27.9 Å². The standard InChI is InChI=1S/C23H24Cl2N2O2/c1-14(2)20-13-21(27(26-20)17-10-11-18(24)19(25)12-17)29-22(28)15-6-8-16(9-7-15)23(3,4)5/h6-14H,1-5H3. The van der Waals surface area contributed by atoms with Crippen molar-refractivity contribution in [3.63, 3.8) is 0 Å². The number of ether oxygens (including phenoxy) is 1. The van der Waals surface area contributed by atoms with Gasteiger partial charge < -0.3 is 4.74 Å². The third-order valence-electron chi connectivity index (χ3n) is 4.62. The van der Waals surface area contributed by atoms with E-state index in [0.717, 1.165) is 11.3 Å². The van der Waals surface area contributed by atoms with Crippen LogP contribution in [0, 0.1) is 0 Å². The number of aromatic nitrogens is 2. The molecule has 0 aliphatic rings. The molecule has 0 amide bonds. The number of carbonyl (C=O) groups is 1. The van der Waals surface area contributed by atoms with E-state index in [2.05, 4.69) is 25.9 Å². The highest BCUT2D eigenvalue weighted by atomic mass is 35.5. The van der Waals surface area contributed by atoms with Crippen LogP contribution in [-0.4, -0.2) is 15.7 Å². The molecule has 0 radical (unpaired) electrons. The van der Waals surface area contributed by atoms with Crippen LogP contribution in [0.1, 0.15) is 62.2 Å². The average Bonchev–Trinajstić information content (AvgIpc) is 3.07. The zero-order valence-corrected chi connectivity index (χ0v) is 18.7. The smallest absolute Gasteiger partial charge is 0.344 e. The predicted molar refractivity (Wildman–Crippen MR) is 118 cm³/mol. The lowest BCUT2D eigenvalue weighted by atomic mass is 9.87. The molecule has 6 heteroatoms. The lowest BCUT2D eigenvalue weighted by molar-refractivity contribution is 0.0723. The number of benzene rings is 2. The second kappa shape index (κ2) is 8.21. The van der Waals surface area contributed by atoms with Crippen LogP contribution in [0.5, 0.6) is 5.88 Å². The second-order valence-corrected chi connectivity index (χ2v) is 9.10. The number of hydrogen-bond donors (Lipinski definition) is 0. The Morgan fingerprint density at radius 2 is 1.66 bits per heavy atom. The number of carbonyl (C=O) groups excluding carboxylic acids is 1. The summed E-state index contributed by atoms with van der Waals surface area (Å²) in [6, 6.07) is 14.4. The van der Waals surface area contributed by atoms with Gasteiger partial charge in [-0.05, 0) is 47.2 Å². The van der Waals surface area contributed by atoms with Gasteiger partial charge in [-0.3, -0.25) is 0 Å². The third-order valence-corrected chi connectivity index (χ3v) is 5.36. The Bertz CT molecular complexity index is 1030. The summed E-state index contributed by atoms with van der Waals surface area (Å²) in [4.78, 5) is 12.7. The number of nitrogens with zero attached hydrogens (tertiary/aromatic N) is 2. The van der Waals surface area contributed by atoms with Crippen molar-refractivity contribution >= 4 is 29.2 Å². The van der Waals surface area contributed by atoms with Crippen LogP contribution in [-0.2, 0) is 5.41 Å². The van der Waals surface area contributed by atoms with Crippen molar-refractivity contribution in [1.82, 2.24) is 9.78 Å². The lowest BCUT2D eigenvalue weighted by Gasteiger charge is -2.18. The summed E-state index contributed by atoms with van der Waals surface area (Å²) in [7, 11) is 0. The summed E-state index contributed by atoms with van der Waals surface area (Å²) in [5.41, 5.74) is 3.11. The molecule has 0 N–H and O–H groups in total. The summed E-state index contributed by atoms with van der Waals surface area (Å²) in [6.07, 6.45) is 0. The van der Waals surface area contributed by atoms with E-state index in [0.29, 0.717) is 27.2 Å². The highest BCUT2D eigenvalue weighted by Gasteiger charge is 2.19. The highest BCUT2D eigenvalue weighted by Crippen LogP contribution is 2.29. The molecule has 0 fully saturated rings. The molecular formula is C23H24Cl2N2O2. The van der Waals surface area contributed by atoms with Crippen molar-refractivity contribution in [2.45, 2.75) is 46.0 Å². The molecule has 0 saturated carbocycles. The van der Waals surface area contributed by atoms with Gasteiger partial charge in [-0.2, -0.15) is 5.10 Å². The van der Waals surface area contributed by atoms with Crippen LogP contribution in [0.25, 0.3) is 5.69 Å². The van der Waals surface area contributed by atoms with E-state index < -0.39 is 5.97 Å². The van der Waals surface area contributed by atoms with Crippen LogP contribution in [0.2, 0.25) is 10.0 Å². The molecular weight excluding hydrogens is 407 g/mol. The first-order valence-electron chi connectivity index (χ1n) is 9.44. The van der Waals surface area contributed by atoms with Crippen LogP contribution in [0.3, 0.4) is 0 Å². The Morgan fingerprint density at radius 3 is 2.21 bits per heavy atom. The van der Waals surface area contributed by atoms with E-state index in [1.165, 1.54) is 0 Å². The zero-order chi connectivity index (χ0) is 21.3. The fourth-order valence-electron chi connectivity index (χ4n) is 2.80. The predicted octanol–water partition coefficient (Wildman–Crippen LogP) is 6.82. The first-order chi connectivity index (χ1) is 13.6. The number of halogens is 2. The van der Waals surface area contributed by atoms with E-state index >= 15 is 0 Å². The molecule has 4 nitrogen and oxygen atoms in total. The van der Waals surface area contributed by atoms with E-state index in [9.17, 15) is 4.79 Å². The van der Waals surface area contributed by atoms with Crippen LogP contribution < -0.4 is 4.74 Å². The molecule has 0 aliphatic heterocycles. The summed E-state index contributed by atoms with van der Waals surface area (Å²) in [5, 5.41) is 5.43. The van der Waals surface area contributed by atoms with E-state index in [1.54, 1.807) is 41.1 Å². The Kier molecular flexibility index (Phi) is 6.06. The van der Waals surface area contributed by atoms with Crippen molar-refractivity contribution in [3.8, 4) is 11.6 Å². The molecule has 1 heterocycles. The summed E-state index contributed by atoms with van der Waals surface area (Å²) >= 11 is 12.2. The minimum atomic E-state index is -0.443. The van der Waals surface area contributed by atoms with E-state index in [-0.39, 0.29) is 11.3 Å². The minimum absolute atomic E-state index is 0.0150. The van der Waals surface area contributed by atoms with Crippen molar-refractivity contribution in [2.24, 2.45) is 0 Å². The van der Waals surface area contributed by atoms with Gasteiger partial charge in [-0.1, -0.05) is 70.0 Å². The van der Waals surface area contributed by atoms with Crippen LogP contribution in [0.15, 0.2) is 48.5 Å². The highest BCUT2D eigenvalue weighted by molar-refractivity contribution is 6.42. The molecule has 0 unspecified atom stereocenters. The maximum absolute atomic E-state index is 12.7. The molecule has 1 aromatic heterocycles. The van der Waals surface area contributed by atoms with Crippen molar-refractivity contribution < 1.29 is 9.53 Å². The maximum Gasteiger partial charge on any atom is 0.344 e. The Balaban J connectivity index is 1.93. The fourth-order valence-corrected chi connectivity index (χ4v) is 3.09. The monoisotopic (exact) mass is 430 g/mol. The average molecular weight is 431 g/mol. The number of hydrogen-bond acceptors (Lipinski definition) is 3. The van der Waals surface area contributed by atoms with Crippen LogP contribution >= 0.6 is 23.2 Å². The largest absolute Gasteiger partial charge is 0.404 e. The van der Waals surface area contributed by atoms with Gasteiger partial charge in [0.25, 0.3) is 0 Å². The molecule has 29 heavy (non-hydrogen) atoms. The summed E-state index contributed by atoms with van der Waals surface area (Å²) < 4.78 is 7.27. The van der Waals surface area contributed by atoms with Gasteiger partial charge in [0.2, 0.25) is 5.88 Å². The Hall–Kier alpha value is -2.30. The molecule has 0 spiro atoms. The second-order valence-electron chi connectivity index (χ2n) is 8.29. The fraction of sp³-hybridized carbons (Fsp3) is 0.304. The molecule has 0 atom stereocenters. The van der Waals surface area contributed by atoms with Gasteiger partial charge in [0.05, 0.1) is 27.0 Å². The van der Waals surface area contributed by atoms with Crippen molar-refractivity contribution in [2.75, 3.05) is 0 Å². The molecule has 152 valence electrons. The van der Waals surface area contributed by atoms with Gasteiger partial charge in [0.15, 0.2) is 0 Å². The first-order valence-corrected chi connectivity index (χ1v) is 10.2. The van der Waals surface area contributed by atoms with Crippen LogP contribution in [0.4, 0.5) is 0 Å². The molecule has 0 bridgehead atoms. The third kappa shape index (κ3) is 4.82. The van der Waals surface area contributed by atoms with E-state index in [1.807, 2.05) is 26.0 Å². The van der Waals surface area contributed by atoms with Crippen molar-refractivity contribution in [1.29, 1.82) is 0 Å². The molecule has 0 saturated heterocycles. The molecule has 3 rings (SSSR count). The molecule has 3 aromatic rings. The normalized spacial score (nSPS) is 11.7. The maximum atomic E-state index is 12.7. The van der Waals surface area contributed by atoms with Gasteiger partial charge >= 0.3 is 5.97 Å². The lowest BCUT2D eigenvalue weighted by Crippen LogP contribution is -2.14. The first kappa shape index (κ1) is 21.4. The summed E-state index contributed by atoms with van der Waals surface area (Å²) in [5.74, 6) is 0.0570. The van der Waals surface area contributed by atoms with Gasteiger partial charge in [-0.15, -0.1) is 0 Å². The number of esters is 1. The molecule has 2 aromatic carbocycles. The van der Waals surface area contributed by atoms with Crippen molar-refractivity contribution in [3.05, 3.63) is 75.4 Å².